The number of rotatable bonds is 0. The SMILES string of the molecule is C=C1CCCC2C(O)C(C)CCC12C. The van der Waals surface area contributed by atoms with Gasteiger partial charge in [0.1, 0.15) is 0 Å². The molecule has 0 saturated heterocycles. The highest BCUT2D eigenvalue weighted by atomic mass is 16.3. The van der Waals surface area contributed by atoms with Gasteiger partial charge in [-0.3, -0.25) is 0 Å². The molecular weight excluding hydrogens is 172 g/mol. The van der Waals surface area contributed by atoms with Crippen molar-refractivity contribution in [1.82, 2.24) is 0 Å². The van der Waals surface area contributed by atoms with Gasteiger partial charge in [-0.15, -0.1) is 0 Å². The molecule has 0 heterocycles. The molecule has 0 aromatic heterocycles. The van der Waals surface area contributed by atoms with E-state index in [0.29, 0.717) is 11.8 Å². The summed E-state index contributed by atoms with van der Waals surface area (Å²) in [7, 11) is 0. The Bertz CT molecular complexity index is 246. The molecule has 2 fully saturated rings. The molecule has 4 atom stereocenters. The van der Waals surface area contributed by atoms with Gasteiger partial charge in [0.05, 0.1) is 6.10 Å². The number of hydrogen-bond acceptors (Lipinski definition) is 1. The molecule has 0 aromatic carbocycles. The Labute approximate surface area is 87.2 Å². The van der Waals surface area contributed by atoms with Crippen LogP contribution in [0.25, 0.3) is 0 Å². The van der Waals surface area contributed by atoms with Crippen LogP contribution in [0.3, 0.4) is 0 Å². The Morgan fingerprint density at radius 3 is 2.86 bits per heavy atom. The first-order valence-corrected chi connectivity index (χ1v) is 5.92. The zero-order valence-electron chi connectivity index (χ0n) is 9.42. The van der Waals surface area contributed by atoms with E-state index in [2.05, 4.69) is 20.4 Å². The van der Waals surface area contributed by atoms with E-state index >= 15 is 0 Å². The van der Waals surface area contributed by atoms with Crippen LogP contribution >= 0.6 is 0 Å². The highest BCUT2D eigenvalue weighted by molar-refractivity contribution is 5.17. The number of fused-ring (bicyclic) bond motifs is 1. The minimum Gasteiger partial charge on any atom is -0.393 e. The maximum absolute atomic E-state index is 10.2. The predicted octanol–water partition coefficient (Wildman–Crippen LogP) is 3.14. The van der Waals surface area contributed by atoms with Gasteiger partial charge >= 0.3 is 0 Å². The van der Waals surface area contributed by atoms with Gasteiger partial charge in [-0.05, 0) is 49.4 Å². The van der Waals surface area contributed by atoms with E-state index in [1.165, 1.54) is 31.3 Å². The quantitative estimate of drug-likeness (QED) is 0.587. The second-order valence-corrected chi connectivity index (χ2v) is 5.53. The van der Waals surface area contributed by atoms with Crippen LogP contribution in [-0.4, -0.2) is 11.2 Å². The van der Waals surface area contributed by atoms with Crippen molar-refractivity contribution in [3.8, 4) is 0 Å². The molecule has 1 heteroatoms. The van der Waals surface area contributed by atoms with Gasteiger partial charge in [-0.25, -0.2) is 0 Å². The molecule has 2 saturated carbocycles. The summed E-state index contributed by atoms with van der Waals surface area (Å²) >= 11 is 0. The molecule has 1 nitrogen and oxygen atoms in total. The molecule has 14 heavy (non-hydrogen) atoms. The van der Waals surface area contributed by atoms with Crippen molar-refractivity contribution in [1.29, 1.82) is 0 Å². The van der Waals surface area contributed by atoms with Gasteiger partial charge in [0, 0.05) is 0 Å². The number of allylic oxidation sites excluding steroid dienone is 1. The molecule has 0 aliphatic heterocycles. The molecule has 1 N–H and O–H groups in total. The molecule has 2 aliphatic carbocycles. The van der Waals surface area contributed by atoms with Crippen molar-refractivity contribution in [2.24, 2.45) is 17.3 Å². The summed E-state index contributed by atoms with van der Waals surface area (Å²) in [6.07, 6.45) is 5.89. The number of hydrogen-bond donors (Lipinski definition) is 1. The van der Waals surface area contributed by atoms with Crippen LogP contribution in [0.2, 0.25) is 0 Å². The monoisotopic (exact) mass is 194 g/mol. The maximum atomic E-state index is 10.2. The van der Waals surface area contributed by atoms with Crippen molar-refractivity contribution >= 4 is 0 Å². The minimum absolute atomic E-state index is 0.0919. The normalized spacial score (nSPS) is 48.8. The molecule has 4 unspecified atom stereocenters. The number of aliphatic hydroxyl groups excluding tert-OH is 1. The second-order valence-electron chi connectivity index (χ2n) is 5.53. The van der Waals surface area contributed by atoms with Gasteiger partial charge in [0.25, 0.3) is 0 Å². The highest BCUT2D eigenvalue weighted by Crippen LogP contribution is 2.53. The average molecular weight is 194 g/mol. The lowest BCUT2D eigenvalue weighted by Crippen LogP contribution is -2.46. The lowest BCUT2D eigenvalue weighted by molar-refractivity contribution is -0.0498. The van der Waals surface area contributed by atoms with Crippen LogP contribution < -0.4 is 0 Å². The molecule has 0 spiro atoms. The van der Waals surface area contributed by atoms with Crippen LogP contribution in [0.5, 0.6) is 0 Å². The van der Waals surface area contributed by atoms with Gasteiger partial charge in [0.15, 0.2) is 0 Å². The summed E-state index contributed by atoms with van der Waals surface area (Å²) in [5.74, 6) is 0.964. The van der Waals surface area contributed by atoms with Crippen molar-refractivity contribution in [2.75, 3.05) is 0 Å². The van der Waals surface area contributed by atoms with E-state index in [4.69, 9.17) is 0 Å². The third kappa shape index (κ3) is 1.33. The fourth-order valence-electron chi connectivity index (χ4n) is 3.41. The first-order chi connectivity index (χ1) is 6.55. The summed E-state index contributed by atoms with van der Waals surface area (Å²) in [5.41, 5.74) is 1.63. The smallest absolute Gasteiger partial charge is 0.0602 e. The van der Waals surface area contributed by atoms with E-state index in [1.807, 2.05) is 0 Å². The van der Waals surface area contributed by atoms with Gasteiger partial charge in [-0.2, -0.15) is 0 Å². The fourth-order valence-corrected chi connectivity index (χ4v) is 3.41. The molecule has 0 aromatic rings. The minimum atomic E-state index is -0.0919. The fraction of sp³-hybridized carbons (Fsp3) is 0.846. The maximum Gasteiger partial charge on any atom is 0.0602 e. The first-order valence-electron chi connectivity index (χ1n) is 5.92. The Hall–Kier alpha value is -0.300. The lowest BCUT2D eigenvalue weighted by Gasteiger charge is -2.51. The molecule has 0 bridgehead atoms. The van der Waals surface area contributed by atoms with Crippen molar-refractivity contribution < 1.29 is 5.11 Å². The van der Waals surface area contributed by atoms with E-state index in [1.54, 1.807) is 0 Å². The van der Waals surface area contributed by atoms with Crippen LogP contribution in [0.1, 0.15) is 46.0 Å². The van der Waals surface area contributed by atoms with Gasteiger partial charge < -0.3 is 5.11 Å². The first kappa shape index (κ1) is 10.2. The Morgan fingerprint density at radius 1 is 1.43 bits per heavy atom. The highest BCUT2D eigenvalue weighted by Gasteiger charge is 2.47. The summed E-state index contributed by atoms with van der Waals surface area (Å²) in [6.45, 7) is 8.71. The van der Waals surface area contributed by atoms with Gasteiger partial charge in [0.2, 0.25) is 0 Å². The summed E-state index contributed by atoms with van der Waals surface area (Å²) in [6, 6.07) is 0. The van der Waals surface area contributed by atoms with Crippen LogP contribution in [0.4, 0.5) is 0 Å². The van der Waals surface area contributed by atoms with E-state index in [-0.39, 0.29) is 11.5 Å². The summed E-state index contributed by atoms with van der Waals surface area (Å²) in [4.78, 5) is 0. The topological polar surface area (TPSA) is 20.2 Å². The lowest BCUT2D eigenvalue weighted by atomic mass is 9.55. The van der Waals surface area contributed by atoms with E-state index in [9.17, 15) is 5.11 Å². The Morgan fingerprint density at radius 2 is 2.14 bits per heavy atom. The van der Waals surface area contributed by atoms with E-state index in [0.717, 1.165) is 6.42 Å². The number of aliphatic hydroxyl groups is 1. The summed E-state index contributed by atoms with van der Waals surface area (Å²) < 4.78 is 0. The molecule has 2 rings (SSSR count). The third-order valence-corrected chi connectivity index (χ3v) is 4.73. The molecular formula is C13H22O. The van der Waals surface area contributed by atoms with Crippen LogP contribution in [0.15, 0.2) is 12.2 Å². The standard InChI is InChI=1S/C13H22O/c1-9-7-8-13(3)10(2)5-4-6-11(13)12(9)14/h9,11-12,14H,2,4-8H2,1,3H3. The van der Waals surface area contributed by atoms with Crippen molar-refractivity contribution in [3.05, 3.63) is 12.2 Å². The Balaban J connectivity index is 2.25. The second kappa shape index (κ2) is 3.37. The molecule has 0 radical (unpaired) electrons. The zero-order valence-corrected chi connectivity index (χ0v) is 9.42. The van der Waals surface area contributed by atoms with Crippen molar-refractivity contribution in [3.63, 3.8) is 0 Å². The molecule has 80 valence electrons. The Kier molecular flexibility index (Phi) is 2.46. The van der Waals surface area contributed by atoms with Crippen LogP contribution in [0, 0.1) is 17.3 Å². The molecule has 0 amide bonds. The summed E-state index contributed by atoms with van der Waals surface area (Å²) in [5, 5.41) is 10.2. The average Bonchev–Trinajstić information content (AvgIpc) is 2.16. The molecule has 2 aliphatic rings. The zero-order chi connectivity index (χ0) is 10.3. The third-order valence-electron chi connectivity index (χ3n) is 4.73. The van der Waals surface area contributed by atoms with E-state index < -0.39 is 0 Å². The largest absolute Gasteiger partial charge is 0.393 e. The van der Waals surface area contributed by atoms with Crippen LogP contribution in [-0.2, 0) is 0 Å². The van der Waals surface area contributed by atoms with Gasteiger partial charge in [-0.1, -0.05) is 26.0 Å². The predicted molar refractivity (Wildman–Crippen MR) is 59.0 cm³/mol. The van der Waals surface area contributed by atoms with Crippen molar-refractivity contribution in [2.45, 2.75) is 52.1 Å².